The summed E-state index contributed by atoms with van der Waals surface area (Å²) in [5, 5.41) is -0.0364. The van der Waals surface area contributed by atoms with Gasteiger partial charge in [0.2, 0.25) is 5.28 Å². The van der Waals surface area contributed by atoms with E-state index in [4.69, 9.17) is 25.6 Å². The fourth-order valence-electron chi connectivity index (χ4n) is 1.77. The molecule has 1 aliphatic rings. The molecule has 0 unspecified atom stereocenters. The lowest BCUT2D eigenvalue weighted by molar-refractivity contribution is 0.00578. The van der Waals surface area contributed by atoms with Gasteiger partial charge in [0.1, 0.15) is 0 Å². The van der Waals surface area contributed by atoms with Gasteiger partial charge in [-0.05, 0) is 39.3 Å². The minimum atomic E-state index is -0.744. The highest BCUT2D eigenvalue weighted by atomic mass is 35.5. The molecule has 1 aliphatic heterocycles. The molecule has 20 heavy (non-hydrogen) atoms. The van der Waals surface area contributed by atoms with Crippen LogP contribution in [0.5, 0.6) is 0 Å². The molecule has 1 aromatic rings. The zero-order valence-corrected chi connectivity index (χ0v) is 12.8. The molecule has 2 heterocycles. The normalized spacial score (nSPS) is 20.0. The highest BCUT2D eigenvalue weighted by molar-refractivity contribution is 6.63. The Hall–Kier alpha value is -1.18. The molecule has 0 saturated carbocycles. The molecule has 2 rings (SSSR count). The maximum Gasteiger partial charge on any atom is 0.498 e. The summed E-state index contributed by atoms with van der Waals surface area (Å²) >= 11 is 5.72. The van der Waals surface area contributed by atoms with Gasteiger partial charge in [-0.1, -0.05) is 0 Å². The van der Waals surface area contributed by atoms with Crippen LogP contribution < -0.4 is 5.46 Å². The lowest BCUT2D eigenvalue weighted by Gasteiger charge is -2.32. The zero-order chi connectivity index (χ0) is 15.1. The van der Waals surface area contributed by atoms with Crippen molar-refractivity contribution < 1.29 is 18.8 Å². The minimum Gasteiger partial charge on any atom is -0.464 e. The average molecular weight is 299 g/mol. The van der Waals surface area contributed by atoms with E-state index in [1.165, 1.54) is 13.3 Å². The molecule has 0 N–H and O–H groups in total. The Bertz CT molecular complexity index is 534. The van der Waals surface area contributed by atoms with Crippen LogP contribution >= 0.6 is 11.6 Å². The molecule has 6 nitrogen and oxygen atoms in total. The average Bonchev–Trinajstić information content (AvgIpc) is 2.57. The number of carbonyl (C=O) groups is 1. The van der Waals surface area contributed by atoms with Crippen LogP contribution in [0.4, 0.5) is 0 Å². The smallest absolute Gasteiger partial charge is 0.464 e. The van der Waals surface area contributed by atoms with E-state index in [0.29, 0.717) is 5.46 Å². The molecule has 1 saturated heterocycles. The number of halogens is 1. The second kappa shape index (κ2) is 4.98. The Morgan fingerprint density at radius 3 is 2.35 bits per heavy atom. The molecular formula is C12H16BClN2O4. The molecule has 0 atom stereocenters. The van der Waals surface area contributed by atoms with Gasteiger partial charge in [0.15, 0.2) is 5.69 Å². The number of carbonyl (C=O) groups excluding carboxylic acids is 1. The van der Waals surface area contributed by atoms with Gasteiger partial charge in [-0.15, -0.1) is 0 Å². The van der Waals surface area contributed by atoms with Gasteiger partial charge >= 0.3 is 13.1 Å². The molecule has 0 spiro atoms. The lowest BCUT2D eigenvalue weighted by atomic mass is 9.79. The fourth-order valence-corrected chi connectivity index (χ4v) is 1.91. The Balaban J connectivity index is 2.42. The van der Waals surface area contributed by atoms with Gasteiger partial charge in [-0.25, -0.2) is 14.8 Å². The maximum absolute atomic E-state index is 11.8. The number of ether oxygens (including phenoxy) is 1. The first-order valence-corrected chi connectivity index (χ1v) is 6.52. The van der Waals surface area contributed by atoms with Crippen molar-refractivity contribution in [2.24, 2.45) is 0 Å². The molecule has 0 radical (unpaired) electrons. The van der Waals surface area contributed by atoms with Gasteiger partial charge in [-0.3, -0.25) is 0 Å². The van der Waals surface area contributed by atoms with E-state index in [1.54, 1.807) is 0 Å². The topological polar surface area (TPSA) is 70.5 Å². The number of methoxy groups -OCH3 is 1. The lowest BCUT2D eigenvalue weighted by Crippen LogP contribution is -2.41. The predicted molar refractivity (Wildman–Crippen MR) is 74.1 cm³/mol. The summed E-state index contributed by atoms with van der Waals surface area (Å²) in [6, 6.07) is 0. The second-order valence-corrected chi connectivity index (χ2v) is 5.86. The van der Waals surface area contributed by atoms with Crippen molar-refractivity contribution in [3.63, 3.8) is 0 Å². The number of hydrogen-bond donors (Lipinski definition) is 0. The molecule has 1 fully saturated rings. The summed E-state index contributed by atoms with van der Waals surface area (Å²) in [6.45, 7) is 7.67. The number of rotatable bonds is 2. The number of aromatic nitrogens is 2. The molecule has 0 amide bonds. The van der Waals surface area contributed by atoms with Crippen LogP contribution in [0.1, 0.15) is 38.2 Å². The van der Waals surface area contributed by atoms with E-state index in [-0.39, 0.29) is 11.0 Å². The van der Waals surface area contributed by atoms with E-state index in [0.717, 1.165) is 0 Å². The van der Waals surface area contributed by atoms with E-state index in [1.807, 2.05) is 27.7 Å². The van der Waals surface area contributed by atoms with Crippen LogP contribution in [0, 0.1) is 0 Å². The Labute approximate surface area is 122 Å². The van der Waals surface area contributed by atoms with Gasteiger partial charge in [0.05, 0.1) is 18.3 Å². The zero-order valence-electron chi connectivity index (χ0n) is 12.1. The highest BCUT2D eigenvalue weighted by Gasteiger charge is 2.53. The number of hydrogen-bond acceptors (Lipinski definition) is 6. The number of esters is 1. The Morgan fingerprint density at radius 1 is 1.30 bits per heavy atom. The van der Waals surface area contributed by atoms with Crippen LogP contribution in [0.25, 0.3) is 0 Å². The fraction of sp³-hybridized carbons (Fsp3) is 0.583. The largest absolute Gasteiger partial charge is 0.498 e. The minimum absolute atomic E-state index is 0.0364. The van der Waals surface area contributed by atoms with Gasteiger partial charge in [-0.2, -0.15) is 0 Å². The van der Waals surface area contributed by atoms with Crippen molar-refractivity contribution in [2.75, 3.05) is 7.11 Å². The van der Waals surface area contributed by atoms with Gasteiger partial charge in [0.25, 0.3) is 0 Å². The van der Waals surface area contributed by atoms with Crippen molar-refractivity contribution in [1.29, 1.82) is 0 Å². The third-order valence-electron chi connectivity index (χ3n) is 3.67. The first-order valence-electron chi connectivity index (χ1n) is 6.14. The molecule has 0 aromatic carbocycles. The molecule has 0 aliphatic carbocycles. The van der Waals surface area contributed by atoms with Gasteiger partial charge in [0, 0.05) is 11.7 Å². The highest BCUT2D eigenvalue weighted by Crippen LogP contribution is 2.36. The predicted octanol–water partition coefficient (Wildman–Crippen LogP) is 1.22. The number of nitrogens with zero attached hydrogens (tertiary/aromatic N) is 2. The summed E-state index contributed by atoms with van der Waals surface area (Å²) in [5.74, 6) is -0.612. The standard InChI is InChI=1S/C12H16BClN2O4/c1-11(2)12(3,4)20-13(19-11)7-6-15-10(14)16-8(7)9(17)18-5/h6H,1-5H3. The SMILES string of the molecule is COC(=O)c1nc(Cl)ncc1B1OC(C)(C)C(C)(C)O1. The first-order chi connectivity index (χ1) is 9.18. The van der Waals surface area contributed by atoms with Crippen LogP contribution in [-0.2, 0) is 14.0 Å². The Morgan fingerprint density at radius 2 is 1.85 bits per heavy atom. The molecule has 8 heteroatoms. The van der Waals surface area contributed by atoms with Crippen molar-refractivity contribution in [3.05, 3.63) is 17.2 Å². The quantitative estimate of drug-likeness (QED) is 0.464. The Kier molecular flexibility index (Phi) is 3.79. The van der Waals surface area contributed by atoms with Crippen molar-refractivity contribution in [1.82, 2.24) is 9.97 Å². The third kappa shape index (κ3) is 2.53. The van der Waals surface area contributed by atoms with Crippen molar-refractivity contribution in [2.45, 2.75) is 38.9 Å². The van der Waals surface area contributed by atoms with Crippen molar-refractivity contribution >= 4 is 30.2 Å². The second-order valence-electron chi connectivity index (χ2n) is 5.52. The maximum atomic E-state index is 11.8. The third-order valence-corrected chi connectivity index (χ3v) is 3.86. The summed E-state index contributed by atoms with van der Waals surface area (Å²) in [5.41, 5.74) is -0.596. The van der Waals surface area contributed by atoms with Crippen LogP contribution in [-0.4, -0.2) is 41.4 Å². The van der Waals surface area contributed by atoms with Crippen LogP contribution in [0.2, 0.25) is 5.28 Å². The molecular weight excluding hydrogens is 282 g/mol. The first kappa shape index (κ1) is 15.2. The monoisotopic (exact) mass is 298 g/mol. The van der Waals surface area contributed by atoms with E-state index in [9.17, 15) is 4.79 Å². The molecule has 108 valence electrons. The van der Waals surface area contributed by atoms with Gasteiger partial charge < -0.3 is 14.0 Å². The van der Waals surface area contributed by atoms with Crippen LogP contribution in [0.15, 0.2) is 6.20 Å². The summed E-state index contributed by atoms with van der Waals surface area (Å²) in [7, 11) is 0.526. The summed E-state index contributed by atoms with van der Waals surface area (Å²) in [4.78, 5) is 19.6. The van der Waals surface area contributed by atoms with E-state index < -0.39 is 24.3 Å². The van der Waals surface area contributed by atoms with Crippen LogP contribution in [0.3, 0.4) is 0 Å². The molecule has 1 aromatic heterocycles. The van der Waals surface area contributed by atoms with Crippen molar-refractivity contribution in [3.8, 4) is 0 Å². The summed E-state index contributed by atoms with van der Waals surface area (Å²) < 4.78 is 16.4. The van der Waals surface area contributed by atoms with E-state index in [2.05, 4.69) is 9.97 Å². The molecule has 0 bridgehead atoms. The van der Waals surface area contributed by atoms with E-state index >= 15 is 0 Å². The summed E-state index contributed by atoms with van der Waals surface area (Å²) in [6.07, 6.45) is 1.42.